The van der Waals surface area contributed by atoms with Gasteiger partial charge in [-0.25, -0.2) is 0 Å². The van der Waals surface area contributed by atoms with E-state index in [0.29, 0.717) is 14.4 Å². The van der Waals surface area contributed by atoms with Crippen molar-refractivity contribution in [3.8, 4) is 0 Å². The summed E-state index contributed by atoms with van der Waals surface area (Å²) in [6.07, 6.45) is 0. The quantitative estimate of drug-likeness (QED) is 0.798. The topological polar surface area (TPSA) is 58.2 Å². The fourth-order valence-electron chi connectivity index (χ4n) is 1.49. The van der Waals surface area contributed by atoms with Crippen LogP contribution in [0, 0.1) is 0 Å². The van der Waals surface area contributed by atoms with Gasteiger partial charge in [-0.05, 0) is 30.3 Å². The van der Waals surface area contributed by atoms with Gasteiger partial charge in [-0.15, -0.1) is 11.3 Å². The van der Waals surface area contributed by atoms with Gasteiger partial charge in [0.2, 0.25) is 5.91 Å². The van der Waals surface area contributed by atoms with E-state index in [4.69, 9.17) is 23.2 Å². The van der Waals surface area contributed by atoms with Crippen LogP contribution in [0.1, 0.15) is 10.4 Å². The van der Waals surface area contributed by atoms with E-state index in [2.05, 4.69) is 26.6 Å². The summed E-state index contributed by atoms with van der Waals surface area (Å²) in [5.74, 6) is -0.766. The van der Waals surface area contributed by atoms with Gasteiger partial charge in [0.25, 0.3) is 5.91 Å². The predicted molar refractivity (Wildman–Crippen MR) is 89.4 cm³/mol. The van der Waals surface area contributed by atoms with Gasteiger partial charge in [0.1, 0.15) is 4.34 Å². The molecule has 2 amide bonds. The van der Waals surface area contributed by atoms with E-state index in [-0.39, 0.29) is 18.0 Å². The summed E-state index contributed by atoms with van der Waals surface area (Å²) < 4.78 is 1.63. The lowest BCUT2D eigenvalue weighted by atomic mass is 10.3. The lowest BCUT2D eigenvalue weighted by molar-refractivity contribution is -0.115. The van der Waals surface area contributed by atoms with Crippen LogP contribution in [0.3, 0.4) is 0 Å². The largest absolute Gasteiger partial charge is 0.343 e. The zero-order valence-corrected chi connectivity index (χ0v) is 14.4. The lowest BCUT2D eigenvalue weighted by Gasteiger charge is -2.06. The molecule has 0 bridgehead atoms. The van der Waals surface area contributed by atoms with Gasteiger partial charge in [0, 0.05) is 10.2 Å². The first kappa shape index (κ1) is 16.3. The van der Waals surface area contributed by atoms with Crippen LogP contribution in [0.25, 0.3) is 0 Å². The molecular formula is C13H9BrCl2N2O2S. The second-order valence-electron chi connectivity index (χ2n) is 3.98. The molecule has 0 aliphatic heterocycles. The van der Waals surface area contributed by atoms with Crippen LogP contribution in [0.15, 0.2) is 34.8 Å². The second kappa shape index (κ2) is 7.26. The lowest BCUT2D eigenvalue weighted by Crippen LogP contribution is -2.32. The van der Waals surface area contributed by atoms with Crippen molar-refractivity contribution < 1.29 is 9.59 Å². The molecule has 8 heteroatoms. The Morgan fingerprint density at radius 3 is 2.43 bits per heavy atom. The monoisotopic (exact) mass is 406 g/mol. The number of carbonyl (C=O) groups is 2. The molecule has 21 heavy (non-hydrogen) atoms. The van der Waals surface area contributed by atoms with E-state index >= 15 is 0 Å². The van der Waals surface area contributed by atoms with Crippen molar-refractivity contribution in [1.82, 2.24) is 5.32 Å². The van der Waals surface area contributed by atoms with Crippen LogP contribution in [0.2, 0.25) is 8.67 Å². The van der Waals surface area contributed by atoms with Gasteiger partial charge in [-0.3, -0.25) is 9.59 Å². The molecule has 0 atom stereocenters. The number of anilines is 1. The van der Waals surface area contributed by atoms with Crippen molar-refractivity contribution in [3.05, 3.63) is 49.0 Å². The summed E-state index contributed by atoms with van der Waals surface area (Å²) in [5, 5.41) is 5.15. The fraction of sp³-hybridized carbons (Fsp3) is 0.0769. The van der Waals surface area contributed by atoms with Crippen LogP contribution >= 0.6 is 50.5 Å². The Labute approximate surface area is 143 Å². The summed E-state index contributed by atoms with van der Waals surface area (Å²) in [7, 11) is 0. The Morgan fingerprint density at radius 2 is 1.86 bits per heavy atom. The van der Waals surface area contributed by atoms with E-state index in [1.54, 1.807) is 24.3 Å². The molecule has 0 aliphatic rings. The molecule has 1 aromatic carbocycles. The minimum Gasteiger partial charge on any atom is -0.343 e. The van der Waals surface area contributed by atoms with E-state index in [9.17, 15) is 9.59 Å². The van der Waals surface area contributed by atoms with Crippen molar-refractivity contribution in [2.45, 2.75) is 0 Å². The average Bonchev–Trinajstić information content (AvgIpc) is 2.78. The molecule has 110 valence electrons. The van der Waals surface area contributed by atoms with Gasteiger partial charge in [-0.1, -0.05) is 39.1 Å². The van der Waals surface area contributed by atoms with Gasteiger partial charge in [0.05, 0.1) is 16.4 Å². The normalized spacial score (nSPS) is 10.2. The molecule has 0 fully saturated rings. The summed E-state index contributed by atoms with van der Waals surface area (Å²) in [6.45, 7) is -0.154. The number of rotatable bonds is 4. The maximum Gasteiger partial charge on any atom is 0.254 e. The van der Waals surface area contributed by atoms with Crippen molar-refractivity contribution in [3.63, 3.8) is 0 Å². The molecule has 2 N–H and O–H groups in total. The third kappa shape index (κ3) is 4.71. The zero-order valence-electron chi connectivity index (χ0n) is 10.5. The number of amides is 2. The standard InChI is InChI=1S/C13H9BrCl2N2O2S/c14-7-1-3-8(4-2-7)18-11(19)6-17-13(20)9-5-10(15)21-12(9)16/h1-5H,6H2,(H,17,20)(H,18,19). The highest BCUT2D eigenvalue weighted by molar-refractivity contribution is 9.10. The van der Waals surface area contributed by atoms with Gasteiger partial charge in [-0.2, -0.15) is 0 Å². The molecule has 4 nitrogen and oxygen atoms in total. The molecule has 0 spiro atoms. The summed E-state index contributed by atoms with van der Waals surface area (Å²) in [6, 6.07) is 8.58. The van der Waals surface area contributed by atoms with Crippen LogP contribution in [0.4, 0.5) is 5.69 Å². The minimum atomic E-state index is -0.436. The highest BCUT2D eigenvalue weighted by Gasteiger charge is 2.15. The van der Waals surface area contributed by atoms with Crippen molar-refractivity contribution in [2.75, 3.05) is 11.9 Å². The molecular weight excluding hydrogens is 399 g/mol. The number of carbonyl (C=O) groups excluding carboxylic acids is 2. The Balaban J connectivity index is 1.88. The molecule has 0 saturated carbocycles. The Bertz CT molecular complexity index is 673. The number of benzene rings is 1. The predicted octanol–water partition coefficient (Wildman–Crippen LogP) is 4.19. The summed E-state index contributed by atoms with van der Waals surface area (Å²) in [5.41, 5.74) is 0.914. The van der Waals surface area contributed by atoms with Gasteiger partial charge < -0.3 is 10.6 Å². The van der Waals surface area contributed by atoms with Crippen molar-refractivity contribution in [2.24, 2.45) is 0 Å². The average molecular weight is 408 g/mol. The highest BCUT2D eigenvalue weighted by atomic mass is 79.9. The zero-order chi connectivity index (χ0) is 15.4. The molecule has 2 aromatic rings. The van der Waals surface area contributed by atoms with E-state index in [1.165, 1.54) is 6.07 Å². The first-order valence-electron chi connectivity index (χ1n) is 5.74. The smallest absolute Gasteiger partial charge is 0.254 e. The third-order valence-electron chi connectivity index (χ3n) is 2.44. The summed E-state index contributed by atoms with van der Waals surface area (Å²) in [4.78, 5) is 23.6. The number of thiophene rings is 1. The van der Waals surface area contributed by atoms with Gasteiger partial charge >= 0.3 is 0 Å². The van der Waals surface area contributed by atoms with E-state index < -0.39 is 5.91 Å². The van der Waals surface area contributed by atoms with Crippen molar-refractivity contribution in [1.29, 1.82) is 0 Å². The van der Waals surface area contributed by atoms with Crippen molar-refractivity contribution >= 4 is 68.0 Å². The van der Waals surface area contributed by atoms with Crippen LogP contribution in [-0.4, -0.2) is 18.4 Å². The third-order valence-corrected chi connectivity index (χ3v) is 4.46. The molecule has 2 rings (SSSR count). The molecule has 0 saturated heterocycles. The van der Waals surface area contributed by atoms with Gasteiger partial charge in [0.15, 0.2) is 0 Å². The molecule has 1 aromatic heterocycles. The first-order chi connectivity index (χ1) is 9.95. The molecule has 0 aliphatic carbocycles. The molecule has 0 unspecified atom stereocenters. The second-order valence-corrected chi connectivity index (χ2v) is 7.18. The number of hydrogen-bond donors (Lipinski definition) is 2. The molecule has 0 radical (unpaired) electrons. The Kier molecular flexibility index (Phi) is 5.64. The number of nitrogens with one attached hydrogen (secondary N) is 2. The SMILES string of the molecule is O=C(CNC(=O)c1cc(Cl)sc1Cl)Nc1ccc(Br)cc1. The van der Waals surface area contributed by atoms with Crippen LogP contribution in [-0.2, 0) is 4.79 Å². The van der Waals surface area contributed by atoms with Crippen LogP contribution < -0.4 is 10.6 Å². The summed E-state index contributed by atoms with van der Waals surface area (Å²) >= 11 is 16.0. The maximum absolute atomic E-state index is 11.8. The molecule has 1 heterocycles. The first-order valence-corrected chi connectivity index (χ1v) is 8.10. The minimum absolute atomic E-state index is 0.154. The van der Waals surface area contributed by atoms with E-state index in [0.717, 1.165) is 15.8 Å². The Hall–Kier alpha value is -1.08. The number of halogens is 3. The Morgan fingerprint density at radius 1 is 1.19 bits per heavy atom. The number of hydrogen-bond acceptors (Lipinski definition) is 3. The van der Waals surface area contributed by atoms with Crippen LogP contribution in [0.5, 0.6) is 0 Å². The highest BCUT2D eigenvalue weighted by Crippen LogP contribution is 2.30. The maximum atomic E-state index is 11.8. The fourth-order valence-corrected chi connectivity index (χ4v) is 3.21. The van der Waals surface area contributed by atoms with E-state index in [1.807, 2.05) is 0 Å².